The SMILES string of the molecule is CCCNC(CCc1ccccc1[N+](=O)[O-])C(C)(C)C. The van der Waals surface area contributed by atoms with E-state index in [1.807, 2.05) is 12.1 Å². The summed E-state index contributed by atoms with van der Waals surface area (Å²) >= 11 is 0. The van der Waals surface area contributed by atoms with E-state index in [-0.39, 0.29) is 16.0 Å². The lowest BCUT2D eigenvalue weighted by Crippen LogP contribution is -2.41. The van der Waals surface area contributed by atoms with Crippen LogP contribution >= 0.6 is 0 Å². The Balaban J connectivity index is 2.75. The van der Waals surface area contributed by atoms with Crippen LogP contribution < -0.4 is 5.32 Å². The average molecular weight is 278 g/mol. The van der Waals surface area contributed by atoms with Crippen LogP contribution in [-0.4, -0.2) is 17.5 Å². The lowest BCUT2D eigenvalue weighted by molar-refractivity contribution is -0.385. The van der Waals surface area contributed by atoms with Gasteiger partial charge in [-0.1, -0.05) is 45.9 Å². The van der Waals surface area contributed by atoms with Gasteiger partial charge in [-0.25, -0.2) is 0 Å². The zero-order valence-electron chi connectivity index (χ0n) is 13.0. The molecule has 0 saturated heterocycles. The quantitative estimate of drug-likeness (QED) is 0.607. The third-order valence-electron chi connectivity index (χ3n) is 3.58. The molecule has 4 heteroatoms. The molecule has 4 nitrogen and oxygen atoms in total. The van der Waals surface area contributed by atoms with Gasteiger partial charge in [0.05, 0.1) is 4.92 Å². The van der Waals surface area contributed by atoms with Gasteiger partial charge in [-0.15, -0.1) is 0 Å². The largest absolute Gasteiger partial charge is 0.313 e. The first kappa shape index (κ1) is 16.6. The third-order valence-corrected chi connectivity index (χ3v) is 3.58. The summed E-state index contributed by atoms with van der Waals surface area (Å²) < 4.78 is 0. The molecule has 0 saturated carbocycles. The van der Waals surface area contributed by atoms with Gasteiger partial charge in [0.2, 0.25) is 0 Å². The van der Waals surface area contributed by atoms with Gasteiger partial charge in [0, 0.05) is 17.7 Å². The Morgan fingerprint density at radius 3 is 2.50 bits per heavy atom. The Hall–Kier alpha value is -1.42. The molecule has 1 aromatic carbocycles. The van der Waals surface area contributed by atoms with Crippen molar-refractivity contribution in [2.75, 3.05) is 6.54 Å². The molecule has 0 bridgehead atoms. The summed E-state index contributed by atoms with van der Waals surface area (Å²) in [7, 11) is 0. The van der Waals surface area contributed by atoms with Gasteiger partial charge in [-0.2, -0.15) is 0 Å². The normalized spacial score (nSPS) is 13.2. The number of nitro benzene ring substituents is 1. The van der Waals surface area contributed by atoms with Crippen LogP contribution in [0, 0.1) is 15.5 Å². The molecule has 1 aromatic rings. The monoisotopic (exact) mass is 278 g/mol. The highest BCUT2D eigenvalue weighted by molar-refractivity contribution is 5.39. The van der Waals surface area contributed by atoms with Gasteiger partial charge in [0.15, 0.2) is 0 Å². The molecule has 1 unspecified atom stereocenters. The molecule has 1 N–H and O–H groups in total. The molecule has 1 rings (SSSR count). The zero-order valence-corrected chi connectivity index (χ0v) is 13.0. The van der Waals surface area contributed by atoms with Crippen molar-refractivity contribution < 1.29 is 4.92 Å². The van der Waals surface area contributed by atoms with Gasteiger partial charge in [-0.05, 0) is 31.2 Å². The van der Waals surface area contributed by atoms with Crippen molar-refractivity contribution in [1.29, 1.82) is 0 Å². The number of nitrogens with zero attached hydrogens (tertiary/aromatic N) is 1. The maximum Gasteiger partial charge on any atom is 0.272 e. The Morgan fingerprint density at radius 1 is 1.30 bits per heavy atom. The van der Waals surface area contributed by atoms with Gasteiger partial charge >= 0.3 is 0 Å². The molecule has 0 heterocycles. The van der Waals surface area contributed by atoms with Crippen LogP contribution in [0.5, 0.6) is 0 Å². The number of aryl methyl sites for hydroxylation is 1. The van der Waals surface area contributed by atoms with Crippen molar-refractivity contribution in [3.63, 3.8) is 0 Å². The summed E-state index contributed by atoms with van der Waals surface area (Å²) in [5, 5.41) is 14.6. The van der Waals surface area contributed by atoms with Crippen LogP contribution in [0.3, 0.4) is 0 Å². The molecule has 20 heavy (non-hydrogen) atoms. The topological polar surface area (TPSA) is 55.2 Å². The molecule has 0 aliphatic rings. The van der Waals surface area contributed by atoms with Crippen LogP contribution in [0.1, 0.15) is 46.1 Å². The van der Waals surface area contributed by atoms with E-state index >= 15 is 0 Å². The van der Waals surface area contributed by atoms with E-state index in [2.05, 4.69) is 33.0 Å². The number of benzene rings is 1. The van der Waals surface area contributed by atoms with Crippen LogP contribution in [0.15, 0.2) is 24.3 Å². The van der Waals surface area contributed by atoms with Crippen molar-refractivity contribution >= 4 is 5.69 Å². The van der Waals surface area contributed by atoms with E-state index in [0.29, 0.717) is 6.04 Å². The maximum absolute atomic E-state index is 11.0. The predicted octanol–water partition coefficient (Wildman–Crippen LogP) is 3.94. The van der Waals surface area contributed by atoms with Crippen LogP contribution in [-0.2, 0) is 6.42 Å². The lowest BCUT2D eigenvalue weighted by atomic mass is 9.83. The molecule has 0 radical (unpaired) electrons. The van der Waals surface area contributed by atoms with Crippen molar-refractivity contribution in [2.24, 2.45) is 5.41 Å². The van der Waals surface area contributed by atoms with Gasteiger partial charge in [-0.3, -0.25) is 10.1 Å². The number of rotatable bonds is 7. The van der Waals surface area contributed by atoms with Gasteiger partial charge in [0.1, 0.15) is 0 Å². The first-order chi connectivity index (χ1) is 9.36. The standard InChI is InChI=1S/C16H26N2O2/c1-5-12-17-15(16(2,3)4)11-10-13-8-6-7-9-14(13)18(19)20/h6-9,15,17H,5,10-12H2,1-4H3. The van der Waals surface area contributed by atoms with Crippen LogP contribution in [0.2, 0.25) is 0 Å². The Kier molecular flexibility index (Phi) is 6.14. The van der Waals surface area contributed by atoms with Gasteiger partial charge in [0.25, 0.3) is 5.69 Å². The molecule has 0 spiro atoms. The van der Waals surface area contributed by atoms with E-state index in [0.717, 1.165) is 31.4 Å². The van der Waals surface area contributed by atoms with E-state index in [1.165, 1.54) is 0 Å². The Labute approximate surface area is 121 Å². The second-order valence-corrected chi connectivity index (χ2v) is 6.30. The van der Waals surface area contributed by atoms with Crippen LogP contribution in [0.25, 0.3) is 0 Å². The Morgan fingerprint density at radius 2 is 1.95 bits per heavy atom. The minimum Gasteiger partial charge on any atom is -0.313 e. The average Bonchev–Trinajstić information content (AvgIpc) is 2.37. The predicted molar refractivity (Wildman–Crippen MR) is 83.0 cm³/mol. The minimum absolute atomic E-state index is 0.152. The smallest absolute Gasteiger partial charge is 0.272 e. The molecule has 0 aromatic heterocycles. The fourth-order valence-electron chi connectivity index (χ4n) is 2.36. The van der Waals surface area contributed by atoms with Crippen molar-refractivity contribution in [1.82, 2.24) is 5.32 Å². The van der Waals surface area contributed by atoms with Crippen LogP contribution in [0.4, 0.5) is 5.69 Å². The fraction of sp³-hybridized carbons (Fsp3) is 0.625. The molecule has 0 aliphatic heterocycles. The highest BCUT2D eigenvalue weighted by atomic mass is 16.6. The zero-order chi connectivity index (χ0) is 15.2. The molecule has 0 amide bonds. The summed E-state index contributed by atoms with van der Waals surface area (Å²) in [6.45, 7) is 9.76. The molecule has 0 aliphatic carbocycles. The minimum atomic E-state index is -0.291. The van der Waals surface area contributed by atoms with E-state index in [4.69, 9.17) is 0 Å². The highest BCUT2D eigenvalue weighted by Gasteiger charge is 2.24. The fourth-order valence-corrected chi connectivity index (χ4v) is 2.36. The number of nitrogens with one attached hydrogen (secondary N) is 1. The van der Waals surface area contributed by atoms with Gasteiger partial charge < -0.3 is 5.32 Å². The summed E-state index contributed by atoms with van der Waals surface area (Å²) in [6.07, 6.45) is 2.74. The highest BCUT2D eigenvalue weighted by Crippen LogP contribution is 2.26. The van der Waals surface area contributed by atoms with Crippen molar-refractivity contribution in [3.05, 3.63) is 39.9 Å². The molecule has 112 valence electrons. The molecular weight excluding hydrogens is 252 g/mol. The second-order valence-electron chi connectivity index (χ2n) is 6.30. The molecule has 0 fully saturated rings. The maximum atomic E-state index is 11.0. The molecular formula is C16H26N2O2. The first-order valence-corrected chi connectivity index (χ1v) is 7.32. The van der Waals surface area contributed by atoms with E-state index in [1.54, 1.807) is 12.1 Å². The lowest BCUT2D eigenvalue weighted by Gasteiger charge is -2.31. The third kappa shape index (κ3) is 4.93. The molecule has 1 atom stereocenters. The summed E-state index contributed by atoms with van der Waals surface area (Å²) in [5.74, 6) is 0. The number of nitro groups is 1. The summed E-state index contributed by atoms with van der Waals surface area (Å²) in [6, 6.07) is 7.40. The second kappa shape index (κ2) is 7.39. The number of hydrogen-bond donors (Lipinski definition) is 1. The van der Waals surface area contributed by atoms with Crippen molar-refractivity contribution in [3.8, 4) is 0 Å². The van der Waals surface area contributed by atoms with E-state index in [9.17, 15) is 10.1 Å². The first-order valence-electron chi connectivity index (χ1n) is 7.32. The summed E-state index contributed by atoms with van der Waals surface area (Å²) in [4.78, 5) is 10.7. The Bertz CT molecular complexity index is 438. The summed E-state index contributed by atoms with van der Waals surface area (Å²) in [5.41, 5.74) is 1.21. The number of hydrogen-bond acceptors (Lipinski definition) is 3. The number of para-hydroxylation sites is 1. The van der Waals surface area contributed by atoms with E-state index < -0.39 is 0 Å². The van der Waals surface area contributed by atoms with Crippen molar-refractivity contribution in [2.45, 2.75) is 53.0 Å².